The summed E-state index contributed by atoms with van der Waals surface area (Å²) >= 11 is 0. The topological polar surface area (TPSA) is 55.3 Å². The SMILES string of the molecule is C=CC(C)(F)C(C)N(C(CC)c1ccccc1)C(N)(CC)CN. The number of rotatable bonds is 9. The summed E-state index contributed by atoms with van der Waals surface area (Å²) in [6.07, 6.45) is 2.82. The summed E-state index contributed by atoms with van der Waals surface area (Å²) in [5, 5.41) is 0. The van der Waals surface area contributed by atoms with Crippen LogP contribution in [0.4, 0.5) is 4.39 Å². The van der Waals surface area contributed by atoms with E-state index in [4.69, 9.17) is 11.5 Å². The van der Waals surface area contributed by atoms with Crippen LogP contribution in [0.2, 0.25) is 0 Å². The van der Waals surface area contributed by atoms with E-state index in [1.807, 2.05) is 36.9 Å². The monoisotopic (exact) mass is 321 g/mol. The highest BCUT2D eigenvalue weighted by atomic mass is 19.1. The molecule has 0 aliphatic heterocycles. The molecule has 4 atom stereocenters. The number of nitrogens with zero attached hydrogens (tertiary/aromatic N) is 1. The molecule has 0 saturated heterocycles. The second kappa shape index (κ2) is 8.04. The number of hydrogen-bond donors (Lipinski definition) is 2. The van der Waals surface area contributed by atoms with E-state index in [1.54, 1.807) is 6.92 Å². The second-order valence-electron chi connectivity index (χ2n) is 6.43. The fraction of sp³-hybridized carbons (Fsp3) is 0.579. The Kier molecular flexibility index (Phi) is 6.93. The Morgan fingerprint density at radius 3 is 2.26 bits per heavy atom. The lowest BCUT2D eigenvalue weighted by Gasteiger charge is -2.50. The molecule has 3 nitrogen and oxygen atoms in total. The number of nitrogens with two attached hydrogens (primary N) is 2. The van der Waals surface area contributed by atoms with Gasteiger partial charge in [-0.05, 0) is 32.3 Å². The predicted octanol–water partition coefficient (Wildman–Crippen LogP) is 3.77. The maximum Gasteiger partial charge on any atom is 0.141 e. The number of benzene rings is 1. The van der Waals surface area contributed by atoms with Crippen LogP contribution in [0.1, 0.15) is 52.1 Å². The van der Waals surface area contributed by atoms with Crippen LogP contribution in [0.15, 0.2) is 43.0 Å². The maximum absolute atomic E-state index is 15.0. The maximum atomic E-state index is 15.0. The molecule has 4 N–H and O–H groups in total. The fourth-order valence-electron chi connectivity index (χ4n) is 3.11. The zero-order valence-corrected chi connectivity index (χ0v) is 14.9. The van der Waals surface area contributed by atoms with Gasteiger partial charge in [0.15, 0.2) is 0 Å². The molecule has 1 aromatic rings. The van der Waals surface area contributed by atoms with E-state index in [2.05, 4.69) is 25.6 Å². The van der Waals surface area contributed by atoms with Crippen LogP contribution in [0.5, 0.6) is 0 Å². The van der Waals surface area contributed by atoms with Gasteiger partial charge in [-0.3, -0.25) is 4.90 Å². The van der Waals surface area contributed by atoms with Crippen LogP contribution in [0.25, 0.3) is 0 Å². The first-order valence-corrected chi connectivity index (χ1v) is 8.42. The standard InChI is InChI=1S/C19H32FN3/c1-6-17(16-12-10-9-11-13-16)23(19(22,8-3)14-21)15(4)18(5,20)7-2/h7,9-13,15,17H,2,6,8,14,21-22H2,1,3-5H3. The van der Waals surface area contributed by atoms with Gasteiger partial charge in [0.05, 0.1) is 5.66 Å². The van der Waals surface area contributed by atoms with E-state index >= 15 is 4.39 Å². The van der Waals surface area contributed by atoms with Gasteiger partial charge in [0.1, 0.15) is 5.67 Å². The normalized spacial score (nSPS) is 19.7. The van der Waals surface area contributed by atoms with Crippen LogP contribution >= 0.6 is 0 Å². The Bertz CT molecular complexity index is 483. The summed E-state index contributed by atoms with van der Waals surface area (Å²) in [5.41, 5.74) is 11.4. The highest BCUT2D eigenvalue weighted by molar-refractivity contribution is 5.21. The van der Waals surface area contributed by atoms with Crippen molar-refractivity contribution < 1.29 is 4.39 Å². The Morgan fingerprint density at radius 1 is 1.30 bits per heavy atom. The molecule has 0 fully saturated rings. The molecule has 0 aliphatic rings. The molecular weight excluding hydrogens is 289 g/mol. The van der Waals surface area contributed by atoms with Gasteiger partial charge in [-0.1, -0.05) is 56.8 Å². The van der Waals surface area contributed by atoms with Crippen LogP contribution in [0.3, 0.4) is 0 Å². The largest absolute Gasteiger partial charge is 0.328 e. The molecule has 1 rings (SSSR count). The molecule has 23 heavy (non-hydrogen) atoms. The first-order valence-electron chi connectivity index (χ1n) is 8.42. The van der Waals surface area contributed by atoms with Gasteiger partial charge in [0.25, 0.3) is 0 Å². The van der Waals surface area contributed by atoms with Crippen LogP contribution in [-0.2, 0) is 0 Å². The lowest BCUT2D eigenvalue weighted by molar-refractivity contribution is -0.0386. The molecule has 0 amide bonds. The molecule has 0 bridgehead atoms. The Balaban J connectivity index is 3.41. The molecule has 4 unspecified atom stereocenters. The minimum atomic E-state index is -1.56. The Morgan fingerprint density at radius 2 is 1.87 bits per heavy atom. The summed E-state index contributed by atoms with van der Waals surface area (Å²) in [7, 11) is 0. The van der Waals surface area contributed by atoms with E-state index < -0.39 is 17.4 Å². The van der Waals surface area contributed by atoms with E-state index in [1.165, 1.54) is 6.08 Å². The van der Waals surface area contributed by atoms with Crippen molar-refractivity contribution in [2.24, 2.45) is 11.5 Å². The first-order chi connectivity index (χ1) is 10.8. The summed E-state index contributed by atoms with van der Waals surface area (Å²) in [6.45, 7) is 11.4. The van der Waals surface area contributed by atoms with Gasteiger partial charge in [0, 0.05) is 18.6 Å². The van der Waals surface area contributed by atoms with E-state index in [0.29, 0.717) is 6.42 Å². The van der Waals surface area contributed by atoms with Gasteiger partial charge in [-0.25, -0.2) is 4.39 Å². The molecule has 0 heterocycles. The number of halogens is 1. The Hall–Kier alpha value is -1.23. The smallest absolute Gasteiger partial charge is 0.141 e. The van der Waals surface area contributed by atoms with E-state index in [0.717, 1.165) is 12.0 Å². The highest BCUT2D eigenvalue weighted by Gasteiger charge is 2.44. The number of alkyl halides is 1. The van der Waals surface area contributed by atoms with Gasteiger partial charge in [0.2, 0.25) is 0 Å². The molecule has 0 spiro atoms. The lowest BCUT2D eigenvalue weighted by atomic mass is 9.89. The lowest BCUT2D eigenvalue weighted by Crippen LogP contribution is -2.66. The van der Waals surface area contributed by atoms with Gasteiger partial charge < -0.3 is 11.5 Å². The van der Waals surface area contributed by atoms with Crippen LogP contribution in [0, 0.1) is 0 Å². The number of hydrogen-bond acceptors (Lipinski definition) is 3. The van der Waals surface area contributed by atoms with Gasteiger partial charge >= 0.3 is 0 Å². The van der Waals surface area contributed by atoms with E-state index in [9.17, 15) is 0 Å². The summed E-state index contributed by atoms with van der Waals surface area (Å²) in [4.78, 5) is 2.05. The van der Waals surface area contributed by atoms with Gasteiger partial charge in [-0.15, -0.1) is 0 Å². The predicted molar refractivity (Wildman–Crippen MR) is 96.7 cm³/mol. The summed E-state index contributed by atoms with van der Waals surface area (Å²) < 4.78 is 15.0. The van der Waals surface area contributed by atoms with Crippen molar-refractivity contribution in [1.29, 1.82) is 0 Å². The summed E-state index contributed by atoms with van der Waals surface area (Å²) in [6, 6.07) is 9.64. The molecule has 4 heteroatoms. The van der Waals surface area contributed by atoms with Crippen molar-refractivity contribution in [3.05, 3.63) is 48.6 Å². The molecule has 0 aliphatic carbocycles. The third-order valence-electron chi connectivity index (χ3n) is 5.02. The molecule has 0 radical (unpaired) electrons. The highest BCUT2D eigenvalue weighted by Crippen LogP contribution is 2.37. The molecule has 1 aromatic carbocycles. The average Bonchev–Trinajstić information content (AvgIpc) is 2.59. The van der Waals surface area contributed by atoms with Crippen LogP contribution in [-0.4, -0.2) is 28.8 Å². The first kappa shape index (κ1) is 19.8. The zero-order valence-electron chi connectivity index (χ0n) is 14.9. The fourth-order valence-corrected chi connectivity index (χ4v) is 3.11. The summed E-state index contributed by atoms with van der Waals surface area (Å²) in [5.74, 6) is 0. The second-order valence-corrected chi connectivity index (χ2v) is 6.43. The zero-order chi connectivity index (χ0) is 17.7. The average molecular weight is 321 g/mol. The minimum Gasteiger partial charge on any atom is -0.328 e. The van der Waals surface area contributed by atoms with Crippen LogP contribution < -0.4 is 11.5 Å². The van der Waals surface area contributed by atoms with Crippen molar-refractivity contribution in [2.45, 2.75) is 64.0 Å². The van der Waals surface area contributed by atoms with Crippen molar-refractivity contribution >= 4 is 0 Å². The van der Waals surface area contributed by atoms with E-state index in [-0.39, 0.29) is 12.6 Å². The molecular formula is C19H32FN3. The minimum absolute atomic E-state index is 0.00488. The third kappa shape index (κ3) is 4.19. The molecule has 130 valence electrons. The van der Waals surface area contributed by atoms with Crippen molar-refractivity contribution in [2.75, 3.05) is 6.54 Å². The van der Waals surface area contributed by atoms with Crippen molar-refractivity contribution in [3.8, 4) is 0 Å². The molecule has 0 aromatic heterocycles. The van der Waals surface area contributed by atoms with Crippen molar-refractivity contribution in [3.63, 3.8) is 0 Å². The third-order valence-corrected chi connectivity index (χ3v) is 5.02. The Labute approximate surface area is 140 Å². The quantitative estimate of drug-likeness (QED) is 0.538. The molecule has 0 saturated carbocycles. The van der Waals surface area contributed by atoms with Gasteiger partial charge in [-0.2, -0.15) is 0 Å². The van der Waals surface area contributed by atoms with Crippen molar-refractivity contribution in [1.82, 2.24) is 4.90 Å².